The third-order valence-electron chi connectivity index (χ3n) is 4.83. The summed E-state index contributed by atoms with van der Waals surface area (Å²) in [4.78, 5) is 14.4. The second kappa shape index (κ2) is 8.94. The molecule has 158 valence electrons. The maximum absolute atomic E-state index is 12.5. The first kappa shape index (κ1) is 22.9. The highest BCUT2D eigenvalue weighted by Gasteiger charge is 2.15. The molecular weight excluding hydrogens is 390 g/mol. The number of aryl methyl sites for hydroxylation is 3. The highest BCUT2D eigenvalue weighted by Crippen LogP contribution is 2.25. The fourth-order valence-electron chi connectivity index (χ4n) is 3.38. The molecule has 3 N–H and O–H groups in total. The van der Waals surface area contributed by atoms with Crippen LogP contribution in [-0.2, 0) is 21.4 Å². The van der Waals surface area contributed by atoms with Gasteiger partial charge in [-0.25, -0.2) is 13.6 Å². The van der Waals surface area contributed by atoms with Gasteiger partial charge in [0.25, 0.3) is 0 Å². The average Bonchev–Trinajstić information content (AvgIpc) is 2.57. The van der Waals surface area contributed by atoms with Crippen LogP contribution in [0, 0.1) is 27.7 Å². The number of ether oxygens (including phenoxy) is 1. The van der Waals surface area contributed by atoms with Crippen LogP contribution in [0.25, 0.3) is 0 Å². The molecule has 8 heteroatoms. The van der Waals surface area contributed by atoms with E-state index in [0.29, 0.717) is 12.2 Å². The van der Waals surface area contributed by atoms with Crippen molar-refractivity contribution in [1.29, 1.82) is 0 Å². The van der Waals surface area contributed by atoms with Crippen molar-refractivity contribution >= 4 is 21.6 Å². The second-order valence-corrected chi connectivity index (χ2v) is 9.00. The van der Waals surface area contributed by atoms with Gasteiger partial charge in [-0.05, 0) is 74.7 Å². The van der Waals surface area contributed by atoms with Gasteiger partial charge in [0.1, 0.15) is 5.75 Å². The molecule has 0 atom stereocenters. The third kappa shape index (κ3) is 5.79. The van der Waals surface area contributed by atoms with Gasteiger partial charge in [-0.15, -0.1) is 0 Å². The van der Waals surface area contributed by atoms with Crippen molar-refractivity contribution in [2.45, 2.75) is 39.1 Å². The first-order valence-electron chi connectivity index (χ1n) is 9.19. The summed E-state index contributed by atoms with van der Waals surface area (Å²) in [7, 11) is -0.343. The van der Waals surface area contributed by atoms with Gasteiger partial charge in [-0.2, -0.15) is 0 Å². The van der Waals surface area contributed by atoms with Gasteiger partial charge >= 0.3 is 0 Å². The number of anilines is 1. The Hall–Kier alpha value is -2.42. The summed E-state index contributed by atoms with van der Waals surface area (Å²) in [6.07, 6.45) is 0. The smallest absolute Gasteiger partial charge is 0.238 e. The first-order valence-corrected chi connectivity index (χ1v) is 10.7. The molecule has 0 aromatic heterocycles. The van der Waals surface area contributed by atoms with E-state index in [1.807, 2.05) is 44.9 Å². The van der Waals surface area contributed by atoms with Gasteiger partial charge in [-0.1, -0.05) is 12.1 Å². The van der Waals surface area contributed by atoms with E-state index in [9.17, 15) is 13.2 Å². The Bertz CT molecular complexity index is 1010. The van der Waals surface area contributed by atoms with Crippen molar-refractivity contribution in [1.82, 2.24) is 4.90 Å². The summed E-state index contributed by atoms with van der Waals surface area (Å²) >= 11 is 0. The van der Waals surface area contributed by atoms with Crippen molar-refractivity contribution in [2.24, 2.45) is 5.14 Å². The highest BCUT2D eigenvalue weighted by molar-refractivity contribution is 7.89. The lowest BCUT2D eigenvalue weighted by Gasteiger charge is -2.19. The molecule has 2 aromatic carbocycles. The minimum absolute atomic E-state index is 0.0200. The van der Waals surface area contributed by atoms with Crippen molar-refractivity contribution in [2.75, 3.05) is 26.0 Å². The quantitative estimate of drug-likeness (QED) is 0.718. The van der Waals surface area contributed by atoms with E-state index in [0.717, 1.165) is 33.6 Å². The summed E-state index contributed by atoms with van der Waals surface area (Å²) < 4.78 is 28.7. The van der Waals surface area contributed by atoms with Crippen molar-refractivity contribution in [3.63, 3.8) is 0 Å². The highest BCUT2D eigenvalue weighted by atomic mass is 32.2. The van der Waals surface area contributed by atoms with Gasteiger partial charge in [-0.3, -0.25) is 9.69 Å². The second-order valence-electron chi connectivity index (χ2n) is 7.44. The number of nitrogens with one attached hydrogen (secondary N) is 1. The van der Waals surface area contributed by atoms with E-state index < -0.39 is 10.0 Å². The van der Waals surface area contributed by atoms with Crippen molar-refractivity contribution in [3.8, 4) is 5.75 Å². The molecular formula is C21H29N3O4S. The zero-order valence-electron chi connectivity index (χ0n) is 17.8. The van der Waals surface area contributed by atoms with E-state index >= 15 is 0 Å². The number of sulfonamides is 1. The number of rotatable bonds is 7. The van der Waals surface area contributed by atoms with Gasteiger partial charge in [0.2, 0.25) is 15.9 Å². The maximum atomic E-state index is 12.5. The lowest BCUT2D eigenvalue weighted by Crippen LogP contribution is -2.30. The number of methoxy groups -OCH3 is 1. The fraction of sp³-hybridized carbons (Fsp3) is 0.381. The maximum Gasteiger partial charge on any atom is 0.238 e. The van der Waals surface area contributed by atoms with Crippen LogP contribution in [0.4, 0.5) is 5.69 Å². The number of hydrogen-bond acceptors (Lipinski definition) is 5. The molecule has 0 aliphatic heterocycles. The first-order chi connectivity index (χ1) is 13.4. The number of amides is 1. The minimum Gasteiger partial charge on any atom is -0.496 e. The average molecular weight is 420 g/mol. The zero-order chi connectivity index (χ0) is 21.9. The summed E-state index contributed by atoms with van der Waals surface area (Å²) in [5.74, 6) is 0.637. The Labute approximate surface area is 172 Å². The summed E-state index contributed by atoms with van der Waals surface area (Å²) in [5.41, 5.74) is 5.17. The van der Waals surface area contributed by atoms with E-state index in [4.69, 9.17) is 9.88 Å². The predicted molar refractivity (Wildman–Crippen MR) is 115 cm³/mol. The molecule has 0 heterocycles. The van der Waals surface area contributed by atoms with Gasteiger partial charge < -0.3 is 10.1 Å². The van der Waals surface area contributed by atoms with E-state index in [1.165, 1.54) is 12.1 Å². The van der Waals surface area contributed by atoms with Crippen LogP contribution in [0.5, 0.6) is 5.75 Å². The lowest BCUT2D eigenvalue weighted by molar-refractivity contribution is -0.117. The standard InChI is InChI=1S/C21H29N3O4S/c1-13-9-18(29(22,26)27)10-19(16(13)4)23-20(25)12-24(5)11-17-7-14(2)21(28-6)15(3)8-17/h7-10H,11-12H2,1-6H3,(H,23,25)(H2,22,26,27). The predicted octanol–water partition coefficient (Wildman–Crippen LogP) is 2.65. The van der Waals surface area contributed by atoms with Crippen molar-refractivity contribution in [3.05, 3.63) is 52.1 Å². The number of carbonyl (C=O) groups is 1. The van der Waals surface area contributed by atoms with Gasteiger partial charge in [0.15, 0.2) is 0 Å². The van der Waals surface area contributed by atoms with E-state index in [1.54, 1.807) is 14.0 Å². The van der Waals surface area contributed by atoms with Crippen LogP contribution in [0.3, 0.4) is 0 Å². The van der Waals surface area contributed by atoms with Crippen LogP contribution < -0.4 is 15.2 Å². The molecule has 0 aliphatic carbocycles. The van der Waals surface area contributed by atoms with Crippen molar-refractivity contribution < 1.29 is 17.9 Å². The molecule has 0 spiro atoms. The Morgan fingerprint density at radius 2 is 1.66 bits per heavy atom. The number of likely N-dealkylation sites (N-methyl/N-ethyl adjacent to an activating group) is 1. The van der Waals surface area contributed by atoms with Crippen LogP contribution in [0.1, 0.15) is 27.8 Å². The zero-order valence-corrected chi connectivity index (χ0v) is 18.6. The molecule has 0 bridgehead atoms. The number of nitrogens with zero attached hydrogens (tertiary/aromatic N) is 1. The number of carbonyl (C=O) groups excluding carboxylic acids is 1. The molecule has 29 heavy (non-hydrogen) atoms. The molecule has 0 unspecified atom stereocenters. The number of benzene rings is 2. The lowest BCUT2D eigenvalue weighted by atomic mass is 10.1. The SMILES string of the molecule is COc1c(C)cc(CN(C)CC(=O)Nc2cc(S(N)(=O)=O)cc(C)c2C)cc1C. The Balaban J connectivity index is 2.11. The molecule has 0 radical (unpaired) electrons. The minimum atomic E-state index is -3.85. The largest absolute Gasteiger partial charge is 0.496 e. The number of hydrogen-bond donors (Lipinski definition) is 2. The Morgan fingerprint density at radius 1 is 1.07 bits per heavy atom. The fourth-order valence-corrected chi connectivity index (χ4v) is 4.00. The molecule has 0 fully saturated rings. The normalized spacial score (nSPS) is 11.6. The van der Waals surface area contributed by atoms with E-state index in [-0.39, 0.29) is 17.3 Å². The van der Waals surface area contributed by atoms with Crippen LogP contribution >= 0.6 is 0 Å². The van der Waals surface area contributed by atoms with Crippen LogP contribution in [0.15, 0.2) is 29.2 Å². The molecule has 1 amide bonds. The molecule has 0 saturated carbocycles. The number of nitrogens with two attached hydrogens (primary N) is 1. The van der Waals surface area contributed by atoms with Crippen LogP contribution in [0.2, 0.25) is 0 Å². The Morgan fingerprint density at radius 3 is 2.17 bits per heavy atom. The number of primary sulfonamides is 1. The molecule has 0 saturated heterocycles. The topological polar surface area (TPSA) is 102 Å². The molecule has 0 aliphatic rings. The summed E-state index contributed by atoms with van der Waals surface area (Å²) in [5, 5.41) is 8.03. The molecule has 2 aromatic rings. The molecule has 7 nitrogen and oxygen atoms in total. The van der Waals surface area contributed by atoms with Gasteiger partial charge in [0, 0.05) is 12.2 Å². The van der Waals surface area contributed by atoms with E-state index in [2.05, 4.69) is 5.32 Å². The summed E-state index contributed by atoms with van der Waals surface area (Å²) in [6, 6.07) is 6.99. The van der Waals surface area contributed by atoms with Gasteiger partial charge in [0.05, 0.1) is 18.6 Å². The third-order valence-corrected chi connectivity index (χ3v) is 5.73. The Kier molecular flexibility index (Phi) is 7.05. The van der Waals surface area contributed by atoms with Crippen LogP contribution in [-0.4, -0.2) is 39.9 Å². The summed E-state index contributed by atoms with van der Waals surface area (Å²) in [6.45, 7) is 8.33. The monoisotopic (exact) mass is 419 g/mol. The molecule has 2 rings (SSSR count).